The number of nitrogens with one attached hydrogen (secondary N) is 2. The Morgan fingerprint density at radius 1 is 0.971 bits per heavy atom. The average molecular weight is 466 g/mol. The highest BCUT2D eigenvalue weighted by Crippen LogP contribution is 2.34. The second-order valence-electron chi connectivity index (χ2n) is 8.23. The minimum atomic E-state index is -4.40. The monoisotopic (exact) mass is 466 g/mol. The molecule has 2 aromatic carbocycles. The molecule has 1 saturated heterocycles. The molecule has 0 unspecified atom stereocenters. The minimum Gasteiger partial charge on any atom is -0.368 e. The number of piperazine rings is 1. The van der Waals surface area contributed by atoms with E-state index in [0.717, 1.165) is 17.8 Å². The smallest absolute Gasteiger partial charge is 0.368 e. The molecular formula is C25H21F3N4O2. The van der Waals surface area contributed by atoms with Gasteiger partial charge in [-0.3, -0.25) is 9.59 Å². The molecule has 9 heteroatoms. The highest BCUT2D eigenvalue weighted by molar-refractivity contribution is 6.35. The molecule has 0 spiro atoms. The summed E-state index contributed by atoms with van der Waals surface area (Å²) in [5.74, 6) is -0.408. The Morgan fingerprint density at radius 3 is 2.47 bits per heavy atom. The van der Waals surface area contributed by atoms with E-state index in [4.69, 9.17) is 0 Å². The first-order valence-corrected chi connectivity index (χ1v) is 10.8. The number of carbonyl (C=O) groups excluding carboxylic acids is 2. The number of aromatic nitrogens is 1. The molecule has 0 radical (unpaired) electrons. The fourth-order valence-corrected chi connectivity index (χ4v) is 4.28. The van der Waals surface area contributed by atoms with Gasteiger partial charge in [-0.05, 0) is 54.6 Å². The van der Waals surface area contributed by atoms with Crippen LogP contribution in [0.15, 0.2) is 60.8 Å². The minimum absolute atomic E-state index is 0.176. The summed E-state index contributed by atoms with van der Waals surface area (Å²) in [6, 6.07) is 14.0. The van der Waals surface area contributed by atoms with Gasteiger partial charge < -0.3 is 20.1 Å². The van der Waals surface area contributed by atoms with Gasteiger partial charge in [0.2, 0.25) is 0 Å². The van der Waals surface area contributed by atoms with Gasteiger partial charge in [0.05, 0.1) is 11.1 Å². The van der Waals surface area contributed by atoms with Crippen LogP contribution in [0.2, 0.25) is 0 Å². The lowest BCUT2D eigenvalue weighted by Gasteiger charge is -2.36. The summed E-state index contributed by atoms with van der Waals surface area (Å²) >= 11 is 0. The Kier molecular flexibility index (Phi) is 5.39. The van der Waals surface area contributed by atoms with E-state index >= 15 is 0 Å². The van der Waals surface area contributed by atoms with Crippen molar-refractivity contribution in [3.05, 3.63) is 83.2 Å². The van der Waals surface area contributed by atoms with Gasteiger partial charge in [0, 0.05) is 60.6 Å². The predicted molar refractivity (Wildman–Crippen MR) is 123 cm³/mol. The lowest BCUT2D eigenvalue weighted by atomic mass is 10.0. The molecular weight excluding hydrogens is 445 g/mol. The molecule has 1 fully saturated rings. The summed E-state index contributed by atoms with van der Waals surface area (Å²) in [4.78, 5) is 32.2. The van der Waals surface area contributed by atoms with E-state index in [2.05, 4.69) is 10.3 Å². The Morgan fingerprint density at radius 2 is 1.76 bits per heavy atom. The van der Waals surface area contributed by atoms with E-state index in [-0.39, 0.29) is 11.8 Å². The van der Waals surface area contributed by atoms with Crippen molar-refractivity contribution in [2.45, 2.75) is 6.18 Å². The van der Waals surface area contributed by atoms with E-state index in [9.17, 15) is 22.8 Å². The van der Waals surface area contributed by atoms with Crippen LogP contribution in [0.25, 0.3) is 11.6 Å². The van der Waals surface area contributed by atoms with Crippen molar-refractivity contribution in [3.63, 3.8) is 0 Å². The normalized spacial score (nSPS) is 17.1. The number of carbonyl (C=O) groups is 2. The van der Waals surface area contributed by atoms with E-state index in [1.54, 1.807) is 41.4 Å². The number of anilines is 2. The first-order chi connectivity index (χ1) is 16.3. The number of alkyl halides is 3. The number of fused-ring (bicyclic) bond motifs is 1. The van der Waals surface area contributed by atoms with E-state index in [0.29, 0.717) is 54.3 Å². The van der Waals surface area contributed by atoms with Crippen LogP contribution in [-0.4, -0.2) is 47.9 Å². The number of benzene rings is 2. The van der Waals surface area contributed by atoms with Gasteiger partial charge in [0.15, 0.2) is 0 Å². The summed E-state index contributed by atoms with van der Waals surface area (Å²) in [6.07, 6.45) is -0.895. The first kappa shape index (κ1) is 21.8. The van der Waals surface area contributed by atoms with E-state index < -0.39 is 11.7 Å². The lowest BCUT2D eigenvalue weighted by molar-refractivity contribution is -0.137. The van der Waals surface area contributed by atoms with Gasteiger partial charge in [-0.25, -0.2) is 0 Å². The molecule has 0 saturated carbocycles. The molecule has 3 heterocycles. The maximum atomic E-state index is 13.2. The van der Waals surface area contributed by atoms with Crippen LogP contribution >= 0.6 is 0 Å². The lowest BCUT2D eigenvalue weighted by Crippen LogP contribution is -2.48. The summed E-state index contributed by atoms with van der Waals surface area (Å²) in [5, 5.41) is 2.81. The third kappa shape index (κ3) is 4.16. The summed E-state index contributed by atoms with van der Waals surface area (Å²) in [6.45, 7) is 1.62. The highest BCUT2D eigenvalue weighted by Gasteiger charge is 2.32. The topological polar surface area (TPSA) is 68.4 Å². The number of halogens is 3. The van der Waals surface area contributed by atoms with Crippen LogP contribution < -0.4 is 10.2 Å². The second kappa shape index (κ2) is 8.40. The zero-order valence-electron chi connectivity index (χ0n) is 18.0. The molecule has 174 valence electrons. The van der Waals surface area contributed by atoms with Crippen molar-refractivity contribution >= 4 is 34.8 Å². The van der Waals surface area contributed by atoms with Crippen LogP contribution in [0, 0.1) is 0 Å². The molecule has 2 amide bonds. The zero-order chi connectivity index (χ0) is 23.9. The molecule has 0 aliphatic carbocycles. The molecule has 3 aromatic rings. The van der Waals surface area contributed by atoms with E-state index in [1.165, 1.54) is 6.07 Å². The molecule has 0 bridgehead atoms. The van der Waals surface area contributed by atoms with E-state index in [1.807, 2.05) is 17.0 Å². The molecule has 5 rings (SSSR count). The van der Waals surface area contributed by atoms with Crippen molar-refractivity contribution in [1.82, 2.24) is 9.88 Å². The van der Waals surface area contributed by atoms with Crippen molar-refractivity contribution < 1.29 is 22.8 Å². The van der Waals surface area contributed by atoms with Gasteiger partial charge >= 0.3 is 6.18 Å². The molecule has 2 aliphatic rings. The predicted octanol–water partition coefficient (Wildman–Crippen LogP) is 4.49. The van der Waals surface area contributed by atoms with Gasteiger partial charge in [0.1, 0.15) is 0 Å². The summed E-state index contributed by atoms with van der Waals surface area (Å²) in [5.41, 5.74) is 2.82. The van der Waals surface area contributed by atoms with Crippen LogP contribution in [0.3, 0.4) is 0 Å². The summed E-state index contributed by atoms with van der Waals surface area (Å²) < 4.78 is 39.1. The maximum absolute atomic E-state index is 13.2. The fraction of sp³-hybridized carbons (Fsp3) is 0.200. The SMILES string of the molecule is O=C1Nc2ccc(C(=O)N3CCN(c4cccc(C(F)(F)F)c4)CC3)cc2/C1=C/c1ccc[nH]1. The number of nitrogens with zero attached hydrogens (tertiary/aromatic N) is 2. The highest BCUT2D eigenvalue weighted by atomic mass is 19.4. The third-order valence-corrected chi connectivity index (χ3v) is 6.08. The largest absolute Gasteiger partial charge is 0.416 e. The molecule has 1 aromatic heterocycles. The standard InChI is InChI=1S/C25H21F3N4O2/c26-25(27,28)17-3-1-5-19(14-17)31-9-11-32(12-10-31)24(34)16-6-7-22-20(13-16)21(23(33)30-22)15-18-4-2-8-29-18/h1-8,13-15,29H,9-12H2,(H,30,33)/b21-15-. The van der Waals surface area contributed by atoms with Crippen molar-refractivity contribution in [2.75, 3.05) is 36.4 Å². The molecule has 2 N–H and O–H groups in total. The van der Waals surface area contributed by atoms with Crippen LogP contribution in [0.4, 0.5) is 24.5 Å². The third-order valence-electron chi connectivity index (χ3n) is 6.08. The molecule has 0 atom stereocenters. The number of amides is 2. The van der Waals surface area contributed by atoms with Crippen LogP contribution in [-0.2, 0) is 11.0 Å². The number of rotatable bonds is 3. The second-order valence-corrected chi connectivity index (χ2v) is 8.23. The Bertz CT molecular complexity index is 1270. The van der Waals surface area contributed by atoms with Crippen molar-refractivity contribution in [3.8, 4) is 0 Å². The first-order valence-electron chi connectivity index (χ1n) is 10.8. The Labute approximate surface area is 193 Å². The van der Waals surface area contributed by atoms with Crippen LogP contribution in [0.5, 0.6) is 0 Å². The molecule has 2 aliphatic heterocycles. The number of H-pyrrole nitrogens is 1. The zero-order valence-corrected chi connectivity index (χ0v) is 18.0. The number of hydrogen-bond donors (Lipinski definition) is 2. The van der Waals surface area contributed by atoms with Gasteiger partial charge in [-0.2, -0.15) is 13.2 Å². The van der Waals surface area contributed by atoms with Gasteiger partial charge in [-0.15, -0.1) is 0 Å². The maximum Gasteiger partial charge on any atom is 0.416 e. The van der Waals surface area contributed by atoms with Gasteiger partial charge in [-0.1, -0.05) is 6.07 Å². The van der Waals surface area contributed by atoms with Crippen molar-refractivity contribution in [1.29, 1.82) is 0 Å². The average Bonchev–Trinajstić information content (AvgIpc) is 3.46. The van der Waals surface area contributed by atoms with Gasteiger partial charge in [0.25, 0.3) is 11.8 Å². The molecule has 34 heavy (non-hydrogen) atoms. The van der Waals surface area contributed by atoms with Crippen LogP contribution in [0.1, 0.15) is 27.2 Å². The summed E-state index contributed by atoms with van der Waals surface area (Å²) in [7, 11) is 0. The van der Waals surface area contributed by atoms with Crippen molar-refractivity contribution in [2.24, 2.45) is 0 Å². The quantitative estimate of drug-likeness (QED) is 0.559. The Hall–Kier alpha value is -4.01. The Balaban J connectivity index is 1.31. The number of aromatic amines is 1. The fourth-order valence-electron chi connectivity index (χ4n) is 4.28. The molecule has 6 nitrogen and oxygen atoms in total. The number of hydrogen-bond acceptors (Lipinski definition) is 3.